The van der Waals surface area contributed by atoms with Crippen molar-refractivity contribution >= 4 is 0 Å². The topological polar surface area (TPSA) is 60.7 Å². The van der Waals surface area contributed by atoms with Crippen molar-refractivity contribution in [2.45, 2.75) is 32.8 Å². The smallest absolute Gasteiger partial charge is 0.118 e. The number of hydrogen-bond donors (Lipinski definition) is 3. The number of aromatic hydroxyl groups is 1. The van der Waals surface area contributed by atoms with E-state index in [2.05, 4.69) is 0 Å². The first-order chi connectivity index (χ1) is 8.04. The van der Waals surface area contributed by atoms with E-state index in [0.717, 1.165) is 23.1 Å². The first-order valence-corrected chi connectivity index (χ1v) is 6.14. The first-order valence-electron chi connectivity index (χ1n) is 6.14. The Morgan fingerprint density at radius 1 is 1.41 bits per heavy atom. The lowest BCUT2D eigenvalue weighted by Crippen LogP contribution is -2.26. The molecule has 0 bridgehead atoms. The van der Waals surface area contributed by atoms with Gasteiger partial charge in [-0.05, 0) is 54.4 Å². The highest BCUT2D eigenvalue weighted by atomic mass is 16.3. The molecule has 1 aliphatic rings. The van der Waals surface area contributed by atoms with Crippen LogP contribution in [-0.2, 0) is 6.42 Å². The molecule has 3 nitrogen and oxygen atoms in total. The van der Waals surface area contributed by atoms with Gasteiger partial charge in [-0.2, -0.15) is 0 Å². The molecule has 3 heteroatoms. The molecule has 3 N–H and O–H groups in total. The van der Waals surface area contributed by atoms with Gasteiger partial charge in [0.2, 0.25) is 0 Å². The summed E-state index contributed by atoms with van der Waals surface area (Å²) in [6, 6.07) is 3.45. The van der Waals surface area contributed by atoms with Crippen molar-refractivity contribution in [3.63, 3.8) is 0 Å². The Kier molecular flexibility index (Phi) is 3.40. The van der Waals surface area contributed by atoms with Crippen LogP contribution in [0.2, 0.25) is 0 Å². The van der Waals surface area contributed by atoms with Gasteiger partial charge in [-0.3, -0.25) is 0 Å². The van der Waals surface area contributed by atoms with Crippen molar-refractivity contribution in [1.82, 2.24) is 0 Å². The van der Waals surface area contributed by atoms with Gasteiger partial charge >= 0.3 is 0 Å². The molecule has 17 heavy (non-hydrogen) atoms. The summed E-state index contributed by atoms with van der Waals surface area (Å²) in [5.41, 5.74) is 2.84. The Labute approximate surface area is 102 Å². The summed E-state index contributed by atoms with van der Waals surface area (Å²) >= 11 is 0. The second-order valence-corrected chi connectivity index (χ2v) is 5.15. The zero-order chi connectivity index (χ0) is 12.6. The number of aliphatic hydroxyl groups excluding tert-OH is 2. The van der Waals surface area contributed by atoms with Crippen LogP contribution >= 0.6 is 0 Å². The Balaban J connectivity index is 2.37. The quantitative estimate of drug-likeness (QED) is 0.735. The van der Waals surface area contributed by atoms with Gasteiger partial charge in [-0.1, -0.05) is 13.0 Å². The minimum absolute atomic E-state index is 0.143. The van der Waals surface area contributed by atoms with E-state index in [1.54, 1.807) is 6.07 Å². The molecule has 0 amide bonds. The van der Waals surface area contributed by atoms with Crippen LogP contribution in [0.3, 0.4) is 0 Å². The average molecular weight is 236 g/mol. The van der Waals surface area contributed by atoms with Gasteiger partial charge in [0.25, 0.3) is 0 Å². The molecule has 0 radical (unpaired) electrons. The van der Waals surface area contributed by atoms with Crippen LogP contribution in [0, 0.1) is 18.8 Å². The Hall–Kier alpha value is -1.06. The number of rotatable bonds is 2. The van der Waals surface area contributed by atoms with E-state index in [0.29, 0.717) is 6.42 Å². The second-order valence-electron chi connectivity index (χ2n) is 5.15. The zero-order valence-corrected chi connectivity index (χ0v) is 10.3. The van der Waals surface area contributed by atoms with Crippen molar-refractivity contribution in [2.75, 3.05) is 6.61 Å². The Morgan fingerprint density at radius 3 is 2.76 bits per heavy atom. The largest absolute Gasteiger partial charge is 0.508 e. The predicted molar refractivity (Wildman–Crippen MR) is 65.9 cm³/mol. The standard InChI is InChI=1S/C14H20O3/c1-8(7-15)10-5-12-9(2)13(16)4-3-11(12)14(17)6-10/h3-4,8,10,14-17H,5-7H2,1-2H3/t8?,10-,14+/m1/s1. The molecular weight excluding hydrogens is 216 g/mol. The SMILES string of the molecule is Cc1c(O)ccc2c1C[C@@H](C(C)CO)C[C@@H]2O. The number of hydrogen-bond acceptors (Lipinski definition) is 3. The van der Waals surface area contributed by atoms with Crippen molar-refractivity contribution in [1.29, 1.82) is 0 Å². The Bertz CT molecular complexity index is 414. The maximum Gasteiger partial charge on any atom is 0.118 e. The van der Waals surface area contributed by atoms with Crippen molar-refractivity contribution < 1.29 is 15.3 Å². The van der Waals surface area contributed by atoms with Crippen molar-refractivity contribution in [3.8, 4) is 5.75 Å². The number of phenols is 1. The molecule has 0 heterocycles. The maximum absolute atomic E-state index is 10.1. The van der Waals surface area contributed by atoms with E-state index in [-0.39, 0.29) is 24.2 Å². The lowest BCUT2D eigenvalue weighted by Gasteiger charge is -2.33. The van der Waals surface area contributed by atoms with Crippen LogP contribution in [0.5, 0.6) is 5.75 Å². The van der Waals surface area contributed by atoms with Gasteiger partial charge in [-0.15, -0.1) is 0 Å². The highest BCUT2D eigenvalue weighted by molar-refractivity contribution is 5.45. The normalized spacial score (nSPS) is 25.4. The van der Waals surface area contributed by atoms with Gasteiger partial charge in [0.15, 0.2) is 0 Å². The summed E-state index contributed by atoms with van der Waals surface area (Å²) in [5.74, 6) is 0.746. The number of benzene rings is 1. The molecule has 0 aliphatic heterocycles. The van der Waals surface area contributed by atoms with Crippen LogP contribution < -0.4 is 0 Å². The molecule has 2 rings (SSSR count). The van der Waals surface area contributed by atoms with Crippen LogP contribution in [-0.4, -0.2) is 21.9 Å². The molecule has 0 spiro atoms. The lowest BCUT2D eigenvalue weighted by molar-refractivity contribution is 0.0941. The minimum Gasteiger partial charge on any atom is -0.508 e. The van der Waals surface area contributed by atoms with E-state index in [9.17, 15) is 15.3 Å². The molecule has 0 aromatic heterocycles. The molecule has 0 saturated heterocycles. The van der Waals surface area contributed by atoms with Gasteiger partial charge in [0.1, 0.15) is 5.75 Å². The highest BCUT2D eigenvalue weighted by Gasteiger charge is 2.30. The minimum atomic E-state index is -0.475. The average Bonchev–Trinajstić information content (AvgIpc) is 2.33. The van der Waals surface area contributed by atoms with E-state index in [1.165, 1.54) is 0 Å². The number of phenolic OH excluding ortho intramolecular Hbond substituents is 1. The Morgan fingerprint density at radius 2 is 2.12 bits per heavy atom. The fourth-order valence-corrected chi connectivity index (χ4v) is 2.69. The molecule has 1 aromatic carbocycles. The highest BCUT2D eigenvalue weighted by Crippen LogP contribution is 2.39. The molecule has 3 atom stereocenters. The maximum atomic E-state index is 10.1. The van der Waals surface area contributed by atoms with Crippen LogP contribution in [0.25, 0.3) is 0 Å². The van der Waals surface area contributed by atoms with Crippen LogP contribution in [0.1, 0.15) is 36.1 Å². The first kappa shape index (κ1) is 12.4. The zero-order valence-electron chi connectivity index (χ0n) is 10.3. The molecule has 0 fully saturated rings. The third-order valence-electron chi connectivity index (χ3n) is 4.05. The van der Waals surface area contributed by atoms with Crippen molar-refractivity contribution in [2.24, 2.45) is 11.8 Å². The van der Waals surface area contributed by atoms with E-state index < -0.39 is 6.10 Å². The summed E-state index contributed by atoms with van der Waals surface area (Å²) in [5, 5.41) is 29.1. The van der Waals surface area contributed by atoms with E-state index >= 15 is 0 Å². The molecule has 1 aromatic rings. The summed E-state index contributed by atoms with van der Waals surface area (Å²) < 4.78 is 0. The van der Waals surface area contributed by atoms with Gasteiger partial charge in [0, 0.05) is 6.61 Å². The van der Waals surface area contributed by atoms with Gasteiger partial charge in [0.05, 0.1) is 6.10 Å². The predicted octanol–water partition coefficient (Wildman–Crippen LogP) is 1.92. The fraction of sp³-hybridized carbons (Fsp3) is 0.571. The fourth-order valence-electron chi connectivity index (χ4n) is 2.69. The molecular formula is C14H20O3. The summed E-state index contributed by atoms with van der Waals surface area (Å²) in [4.78, 5) is 0. The second kappa shape index (κ2) is 4.67. The monoisotopic (exact) mass is 236 g/mol. The number of aliphatic hydroxyl groups is 2. The third-order valence-corrected chi connectivity index (χ3v) is 4.05. The molecule has 1 unspecified atom stereocenters. The molecule has 0 saturated carbocycles. The summed E-state index contributed by atoms with van der Waals surface area (Å²) in [7, 11) is 0. The van der Waals surface area contributed by atoms with Gasteiger partial charge in [-0.25, -0.2) is 0 Å². The summed E-state index contributed by atoms with van der Waals surface area (Å²) in [6.07, 6.45) is 1.05. The molecule has 1 aliphatic carbocycles. The number of fused-ring (bicyclic) bond motifs is 1. The van der Waals surface area contributed by atoms with Crippen LogP contribution in [0.15, 0.2) is 12.1 Å². The molecule has 94 valence electrons. The lowest BCUT2D eigenvalue weighted by atomic mass is 9.75. The van der Waals surface area contributed by atoms with Crippen LogP contribution in [0.4, 0.5) is 0 Å². The van der Waals surface area contributed by atoms with Crippen molar-refractivity contribution in [3.05, 3.63) is 28.8 Å². The summed E-state index contributed by atoms with van der Waals surface area (Å²) in [6.45, 7) is 4.03. The van der Waals surface area contributed by atoms with Gasteiger partial charge < -0.3 is 15.3 Å². The van der Waals surface area contributed by atoms with E-state index in [1.807, 2.05) is 19.9 Å². The third kappa shape index (κ3) is 2.17. The van der Waals surface area contributed by atoms with E-state index in [4.69, 9.17) is 0 Å².